The molecule has 2 aromatic heterocycles. The summed E-state index contributed by atoms with van der Waals surface area (Å²) < 4.78 is 6.24. The number of nitrogens with zero attached hydrogens (tertiary/aromatic N) is 2. The number of carbonyl (C=O) groups is 2. The van der Waals surface area contributed by atoms with E-state index >= 15 is 0 Å². The van der Waals surface area contributed by atoms with E-state index in [0.29, 0.717) is 5.56 Å². The van der Waals surface area contributed by atoms with Crippen molar-refractivity contribution in [3.05, 3.63) is 36.2 Å². The standard InChI is InChI=1S/C9H8N2O2.CH3NO2/c1-13-9(12)7-6-10-11-5-3-2-4-8(7)11;2-1(3)4/h2-6H,1H3;2H2,(H,3,4). The number of rotatable bonds is 1. The molecule has 7 nitrogen and oxygen atoms in total. The number of hydrogen-bond donors (Lipinski definition) is 2. The highest BCUT2D eigenvalue weighted by Crippen LogP contribution is 2.10. The van der Waals surface area contributed by atoms with E-state index in [0.717, 1.165) is 5.52 Å². The monoisotopic (exact) mass is 237 g/mol. The highest BCUT2D eigenvalue weighted by molar-refractivity contribution is 5.96. The van der Waals surface area contributed by atoms with E-state index in [4.69, 9.17) is 9.90 Å². The molecular weight excluding hydrogens is 226 g/mol. The molecule has 0 fully saturated rings. The molecule has 0 aliphatic rings. The zero-order chi connectivity index (χ0) is 12.8. The number of esters is 1. The minimum Gasteiger partial charge on any atom is -0.465 e. The van der Waals surface area contributed by atoms with Gasteiger partial charge in [-0.2, -0.15) is 5.10 Å². The number of nitrogens with two attached hydrogens (primary N) is 1. The number of ether oxygens (including phenoxy) is 1. The molecule has 0 aliphatic carbocycles. The minimum atomic E-state index is -1.33. The first kappa shape index (κ1) is 12.5. The zero-order valence-electron chi connectivity index (χ0n) is 9.03. The second kappa shape index (κ2) is 5.50. The van der Waals surface area contributed by atoms with E-state index in [-0.39, 0.29) is 5.97 Å². The maximum absolute atomic E-state index is 11.2. The maximum atomic E-state index is 11.2. The first-order valence-corrected chi connectivity index (χ1v) is 4.55. The Labute approximate surface area is 96.4 Å². The number of amides is 1. The van der Waals surface area contributed by atoms with Crippen molar-refractivity contribution in [1.82, 2.24) is 9.61 Å². The van der Waals surface area contributed by atoms with Gasteiger partial charge in [0.1, 0.15) is 5.56 Å². The summed E-state index contributed by atoms with van der Waals surface area (Å²) in [5.41, 5.74) is 5.28. The first-order chi connectivity index (χ1) is 8.06. The summed E-state index contributed by atoms with van der Waals surface area (Å²) in [6.45, 7) is 0. The summed E-state index contributed by atoms with van der Waals surface area (Å²) in [5, 5.41) is 11.2. The third kappa shape index (κ3) is 3.20. The van der Waals surface area contributed by atoms with Crippen LogP contribution in [0.4, 0.5) is 4.79 Å². The van der Waals surface area contributed by atoms with Crippen LogP contribution in [-0.4, -0.2) is 33.9 Å². The lowest BCUT2D eigenvalue weighted by molar-refractivity contribution is 0.0603. The van der Waals surface area contributed by atoms with Crippen molar-refractivity contribution >= 4 is 17.6 Å². The molecule has 7 heteroatoms. The van der Waals surface area contributed by atoms with Gasteiger partial charge in [0.05, 0.1) is 18.8 Å². The molecule has 0 saturated carbocycles. The van der Waals surface area contributed by atoms with Gasteiger partial charge in [-0.1, -0.05) is 6.07 Å². The van der Waals surface area contributed by atoms with Gasteiger partial charge < -0.3 is 15.6 Å². The number of hydrogen-bond acceptors (Lipinski definition) is 4. The van der Waals surface area contributed by atoms with Gasteiger partial charge in [-0.05, 0) is 12.1 Å². The van der Waals surface area contributed by atoms with Crippen LogP contribution in [0.15, 0.2) is 30.6 Å². The quantitative estimate of drug-likeness (QED) is 0.711. The van der Waals surface area contributed by atoms with E-state index in [2.05, 4.69) is 15.6 Å². The van der Waals surface area contributed by atoms with Crippen LogP contribution in [0.2, 0.25) is 0 Å². The molecular formula is C10H11N3O4. The molecule has 0 radical (unpaired) electrons. The Morgan fingerprint density at radius 2 is 2.12 bits per heavy atom. The fourth-order valence-electron chi connectivity index (χ4n) is 1.20. The SMILES string of the molecule is COC(=O)c1cnn2ccccc12.NC(=O)O. The lowest BCUT2D eigenvalue weighted by atomic mass is 10.3. The van der Waals surface area contributed by atoms with Crippen molar-refractivity contribution < 1.29 is 19.4 Å². The van der Waals surface area contributed by atoms with Crippen molar-refractivity contribution in [2.75, 3.05) is 7.11 Å². The second-order valence-corrected chi connectivity index (χ2v) is 2.92. The first-order valence-electron chi connectivity index (χ1n) is 4.55. The molecule has 2 heterocycles. The van der Waals surface area contributed by atoms with Crippen molar-refractivity contribution in [1.29, 1.82) is 0 Å². The van der Waals surface area contributed by atoms with Crippen molar-refractivity contribution in [2.24, 2.45) is 5.73 Å². The fourth-order valence-corrected chi connectivity index (χ4v) is 1.20. The Bertz CT molecular complexity index is 531. The topological polar surface area (TPSA) is 107 Å². The van der Waals surface area contributed by atoms with E-state index in [1.54, 1.807) is 10.7 Å². The van der Waals surface area contributed by atoms with Crippen LogP contribution < -0.4 is 5.73 Å². The second-order valence-electron chi connectivity index (χ2n) is 2.92. The van der Waals surface area contributed by atoms with Crippen LogP contribution in [0.5, 0.6) is 0 Å². The predicted molar refractivity (Wildman–Crippen MR) is 58.7 cm³/mol. The smallest absolute Gasteiger partial charge is 0.402 e. The molecule has 0 atom stereocenters. The van der Waals surface area contributed by atoms with Gasteiger partial charge in [0.2, 0.25) is 0 Å². The molecule has 0 spiro atoms. The van der Waals surface area contributed by atoms with Crippen LogP contribution in [0.1, 0.15) is 10.4 Å². The third-order valence-corrected chi connectivity index (χ3v) is 1.83. The minimum absolute atomic E-state index is 0.360. The van der Waals surface area contributed by atoms with Crippen molar-refractivity contribution in [3.8, 4) is 0 Å². The molecule has 2 rings (SSSR count). The van der Waals surface area contributed by atoms with Gasteiger partial charge in [-0.15, -0.1) is 0 Å². The lowest BCUT2D eigenvalue weighted by Crippen LogP contribution is -2.03. The molecule has 0 aromatic carbocycles. The zero-order valence-corrected chi connectivity index (χ0v) is 9.03. The molecule has 0 unspecified atom stereocenters. The number of aromatic nitrogens is 2. The number of primary amides is 1. The number of methoxy groups -OCH3 is 1. The van der Waals surface area contributed by atoms with Gasteiger partial charge in [-0.25, -0.2) is 14.1 Å². The average molecular weight is 237 g/mol. The van der Waals surface area contributed by atoms with Crippen LogP contribution in [0.25, 0.3) is 5.52 Å². The van der Waals surface area contributed by atoms with Crippen LogP contribution in [0.3, 0.4) is 0 Å². The summed E-state index contributed by atoms with van der Waals surface area (Å²) in [7, 11) is 1.36. The number of carbonyl (C=O) groups excluding carboxylic acids is 1. The number of pyridine rings is 1. The molecule has 90 valence electrons. The summed E-state index contributed by atoms with van der Waals surface area (Å²) in [5.74, 6) is -0.360. The molecule has 1 amide bonds. The summed E-state index contributed by atoms with van der Waals surface area (Å²) in [4.78, 5) is 20.0. The highest BCUT2D eigenvalue weighted by atomic mass is 16.5. The van der Waals surface area contributed by atoms with E-state index in [1.165, 1.54) is 13.3 Å². The molecule has 0 bridgehead atoms. The molecule has 17 heavy (non-hydrogen) atoms. The Morgan fingerprint density at radius 3 is 2.71 bits per heavy atom. The van der Waals surface area contributed by atoms with Crippen molar-refractivity contribution in [3.63, 3.8) is 0 Å². The van der Waals surface area contributed by atoms with E-state index < -0.39 is 6.09 Å². The Kier molecular flexibility index (Phi) is 4.04. The molecule has 0 aliphatic heterocycles. The average Bonchev–Trinajstić information content (AvgIpc) is 2.71. The van der Waals surface area contributed by atoms with Crippen molar-refractivity contribution in [2.45, 2.75) is 0 Å². The summed E-state index contributed by atoms with van der Waals surface area (Å²) in [6.07, 6.45) is 1.95. The number of carboxylic acid groups (broad SMARTS) is 1. The summed E-state index contributed by atoms with van der Waals surface area (Å²) in [6, 6.07) is 5.52. The Balaban J connectivity index is 0.000000317. The fraction of sp³-hybridized carbons (Fsp3) is 0.100. The van der Waals surface area contributed by atoms with E-state index in [1.807, 2.05) is 18.2 Å². The molecule has 2 aromatic rings. The van der Waals surface area contributed by atoms with Crippen LogP contribution >= 0.6 is 0 Å². The Hall–Kier alpha value is -2.57. The summed E-state index contributed by atoms with van der Waals surface area (Å²) >= 11 is 0. The number of fused-ring (bicyclic) bond motifs is 1. The van der Waals surface area contributed by atoms with Gasteiger partial charge in [0.15, 0.2) is 0 Å². The van der Waals surface area contributed by atoms with Gasteiger partial charge >= 0.3 is 12.1 Å². The Morgan fingerprint density at radius 1 is 1.47 bits per heavy atom. The van der Waals surface area contributed by atoms with E-state index in [9.17, 15) is 4.79 Å². The largest absolute Gasteiger partial charge is 0.465 e. The lowest BCUT2D eigenvalue weighted by Gasteiger charge is -1.95. The molecule has 3 N–H and O–H groups in total. The molecule has 0 saturated heterocycles. The van der Waals surface area contributed by atoms with Gasteiger partial charge in [0, 0.05) is 6.20 Å². The van der Waals surface area contributed by atoms with Gasteiger partial charge in [-0.3, -0.25) is 0 Å². The normalized spacial score (nSPS) is 9.24. The third-order valence-electron chi connectivity index (χ3n) is 1.83. The highest BCUT2D eigenvalue weighted by Gasteiger charge is 2.11. The van der Waals surface area contributed by atoms with Gasteiger partial charge in [0.25, 0.3) is 0 Å². The predicted octanol–water partition coefficient (Wildman–Crippen LogP) is 0.744. The van der Waals surface area contributed by atoms with Crippen LogP contribution in [-0.2, 0) is 4.74 Å². The van der Waals surface area contributed by atoms with Crippen LogP contribution in [0, 0.1) is 0 Å². The maximum Gasteiger partial charge on any atom is 0.402 e.